The number of hydrogen-bond acceptors (Lipinski definition) is 6. The van der Waals surface area contributed by atoms with E-state index < -0.39 is 23.0 Å². The standard InChI is InChI=1S/C22H22N2O5/c1-23-7-6-21-13-3-2-4-14(25)19(13)24-17(27)9-15-18(20(21)24)22(28,10-16(21)26)12(11-23)5-8-29-15/h2-5,9,18,20,25,28H,6-8,10-11H2,1H3. The second-order valence-corrected chi connectivity index (χ2v) is 8.87. The maximum Gasteiger partial charge on any atom is 0.254 e. The van der Waals surface area contributed by atoms with Gasteiger partial charge in [-0.3, -0.25) is 14.5 Å². The minimum absolute atomic E-state index is 0.0199. The van der Waals surface area contributed by atoms with Crippen LogP contribution < -0.4 is 4.90 Å². The molecular weight excluding hydrogens is 372 g/mol. The van der Waals surface area contributed by atoms with Gasteiger partial charge < -0.3 is 19.8 Å². The third kappa shape index (κ3) is 1.86. The summed E-state index contributed by atoms with van der Waals surface area (Å²) in [7, 11) is 1.98. The van der Waals surface area contributed by atoms with Crippen molar-refractivity contribution in [3.63, 3.8) is 0 Å². The smallest absolute Gasteiger partial charge is 0.254 e. The molecule has 4 unspecified atom stereocenters. The fourth-order valence-electron chi connectivity index (χ4n) is 6.33. The third-order valence-electron chi connectivity index (χ3n) is 7.55. The SMILES string of the molecule is CN1CCC23C(=O)CC4(O)C(=CCOC5=CC(=O)N(c6c(O)cccc62)C3C54)C1. The molecule has 1 amide bonds. The van der Waals surface area contributed by atoms with E-state index in [0.29, 0.717) is 36.5 Å². The Morgan fingerprint density at radius 2 is 2.10 bits per heavy atom. The molecule has 4 atom stereocenters. The number of hydrogen-bond donors (Lipinski definition) is 2. The van der Waals surface area contributed by atoms with E-state index in [4.69, 9.17) is 4.74 Å². The molecule has 5 heterocycles. The zero-order chi connectivity index (χ0) is 20.1. The Hall–Kier alpha value is -2.64. The number of carbonyl (C=O) groups excluding carboxylic acids is 2. The van der Waals surface area contributed by atoms with Crippen LogP contribution in [-0.4, -0.2) is 65.2 Å². The van der Waals surface area contributed by atoms with Crippen LogP contribution in [0.3, 0.4) is 0 Å². The molecule has 3 fully saturated rings. The van der Waals surface area contributed by atoms with E-state index in [1.807, 2.05) is 19.2 Å². The van der Waals surface area contributed by atoms with E-state index in [-0.39, 0.29) is 30.5 Å². The van der Waals surface area contributed by atoms with Crippen LogP contribution in [0, 0.1) is 5.92 Å². The van der Waals surface area contributed by atoms with Gasteiger partial charge in [0.15, 0.2) is 0 Å². The van der Waals surface area contributed by atoms with Crippen molar-refractivity contribution >= 4 is 17.4 Å². The first-order chi connectivity index (χ1) is 13.9. The van der Waals surface area contributed by atoms with Crippen molar-refractivity contribution in [1.29, 1.82) is 0 Å². The number of phenolic OH excluding ortho intramolecular Hbond substituents is 1. The van der Waals surface area contributed by atoms with Gasteiger partial charge >= 0.3 is 0 Å². The Bertz CT molecular complexity index is 1050. The van der Waals surface area contributed by atoms with E-state index in [1.54, 1.807) is 17.0 Å². The summed E-state index contributed by atoms with van der Waals surface area (Å²) < 4.78 is 5.93. The van der Waals surface area contributed by atoms with Gasteiger partial charge in [-0.25, -0.2) is 0 Å². The van der Waals surface area contributed by atoms with E-state index >= 15 is 0 Å². The van der Waals surface area contributed by atoms with Crippen molar-refractivity contribution in [1.82, 2.24) is 4.90 Å². The number of nitrogens with zero attached hydrogens (tertiary/aromatic N) is 2. The van der Waals surface area contributed by atoms with Crippen molar-refractivity contribution in [3.8, 4) is 5.75 Å². The van der Waals surface area contributed by atoms with Crippen LogP contribution in [0.15, 0.2) is 41.7 Å². The summed E-state index contributed by atoms with van der Waals surface area (Å²) in [4.78, 5) is 30.7. The summed E-state index contributed by atoms with van der Waals surface area (Å²) in [6, 6.07) is 4.49. The lowest BCUT2D eigenvalue weighted by Gasteiger charge is -2.53. The molecule has 0 radical (unpaired) electrons. The van der Waals surface area contributed by atoms with E-state index in [1.165, 1.54) is 6.08 Å². The summed E-state index contributed by atoms with van der Waals surface area (Å²) >= 11 is 0. The topological polar surface area (TPSA) is 90.3 Å². The predicted molar refractivity (Wildman–Crippen MR) is 103 cm³/mol. The number of likely N-dealkylation sites (N-methyl/N-ethyl adjacent to an activating group) is 1. The number of amides is 1. The quantitative estimate of drug-likeness (QED) is 0.635. The first-order valence-corrected chi connectivity index (χ1v) is 10.0. The molecule has 5 aliphatic heterocycles. The second kappa shape index (κ2) is 5.29. The van der Waals surface area contributed by atoms with Crippen LogP contribution in [0.1, 0.15) is 18.4 Å². The van der Waals surface area contributed by atoms with E-state index in [0.717, 1.165) is 5.57 Å². The Labute approximate surface area is 167 Å². The average Bonchev–Trinajstić information content (AvgIpc) is 2.93. The van der Waals surface area contributed by atoms with Gasteiger partial charge in [0.25, 0.3) is 5.91 Å². The summed E-state index contributed by atoms with van der Waals surface area (Å²) in [6.45, 7) is 1.44. The number of ether oxygens (including phenoxy) is 1. The number of ketones is 1. The fraction of sp³-hybridized carbons (Fsp3) is 0.455. The number of benzene rings is 1. The van der Waals surface area contributed by atoms with Crippen molar-refractivity contribution in [2.45, 2.75) is 29.9 Å². The van der Waals surface area contributed by atoms with Gasteiger partial charge in [0.05, 0.1) is 23.1 Å². The molecule has 0 aromatic heterocycles. The fourth-order valence-corrected chi connectivity index (χ4v) is 6.33. The normalized spacial score (nSPS) is 37.7. The van der Waals surface area contributed by atoms with Crippen LogP contribution >= 0.6 is 0 Å². The number of aliphatic hydroxyl groups is 1. The average molecular weight is 394 g/mol. The molecule has 6 aliphatic rings. The molecule has 29 heavy (non-hydrogen) atoms. The molecule has 4 bridgehead atoms. The molecule has 2 N–H and O–H groups in total. The van der Waals surface area contributed by atoms with Gasteiger partial charge in [-0.2, -0.15) is 0 Å². The van der Waals surface area contributed by atoms with Gasteiger partial charge in [0, 0.05) is 19.0 Å². The molecule has 7 heteroatoms. The van der Waals surface area contributed by atoms with Crippen molar-refractivity contribution in [3.05, 3.63) is 47.2 Å². The molecule has 1 aromatic carbocycles. The molecular formula is C22H22N2O5. The monoisotopic (exact) mass is 394 g/mol. The highest BCUT2D eigenvalue weighted by molar-refractivity contribution is 6.11. The molecule has 2 saturated heterocycles. The van der Waals surface area contributed by atoms with Crippen LogP contribution in [0.5, 0.6) is 5.75 Å². The van der Waals surface area contributed by atoms with Crippen molar-refractivity contribution < 1.29 is 24.5 Å². The maximum atomic E-state index is 13.8. The highest BCUT2D eigenvalue weighted by Crippen LogP contribution is 2.62. The number of rotatable bonds is 0. The van der Waals surface area contributed by atoms with E-state index in [9.17, 15) is 19.8 Å². The lowest BCUT2D eigenvalue weighted by atomic mass is 9.54. The highest BCUT2D eigenvalue weighted by atomic mass is 16.5. The van der Waals surface area contributed by atoms with Crippen LogP contribution in [0.25, 0.3) is 0 Å². The molecule has 150 valence electrons. The number of Topliss-reactive ketones (excluding diaryl/α,β-unsaturated/α-hetero) is 1. The number of aromatic hydroxyl groups is 1. The van der Waals surface area contributed by atoms with Gasteiger partial charge in [0.1, 0.15) is 29.5 Å². The van der Waals surface area contributed by atoms with Crippen LogP contribution in [-0.2, 0) is 19.7 Å². The van der Waals surface area contributed by atoms with Crippen molar-refractivity contribution in [2.75, 3.05) is 31.6 Å². The lowest BCUT2D eigenvalue weighted by molar-refractivity contribution is -0.141. The largest absolute Gasteiger partial charge is 0.506 e. The summed E-state index contributed by atoms with van der Waals surface area (Å²) in [5.41, 5.74) is -0.539. The third-order valence-corrected chi connectivity index (χ3v) is 7.55. The highest BCUT2D eigenvalue weighted by Gasteiger charge is 2.71. The lowest BCUT2D eigenvalue weighted by Crippen LogP contribution is -2.68. The predicted octanol–water partition coefficient (Wildman–Crippen LogP) is 0.855. The number of fused-ring (bicyclic) bond motifs is 6. The van der Waals surface area contributed by atoms with Crippen LogP contribution in [0.2, 0.25) is 0 Å². The Morgan fingerprint density at radius 1 is 1.28 bits per heavy atom. The van der Waals surface area contributed by atoms with Crippen LogP contribution in [0.4, 0.5) is 5.69 Å². The van der Waals surface area contributed by atoms with Gasteiger partial charge in [-0.05, 0) is 43.3 Å². The van der Waals surface area contributed by atoms with Crippen molar-refractivity contribution in [2.24, 2.45) is 5.92 Å². The first-order valence-electron chi connectivity index (χ1n) is 10.0. The molecule has 1 aliphatic carbocycles. The van der Waals surface area contributed by atoms with Gasteiger partial charge in [-0.15, -0.1) is 0 Å². The molecule has 7 rings (SSSR count). The second-order valence-electron chi connectivity index (χ2n) is 8.87. The Kier molecular flexibility index (Phi) is 3.14. The number of para-hydroxylation sites is 1. The zero-order valence-electron chi connectivity index (χ0n) is 16.1. The molecule has 1 aromatic rings. The Morgan fingerprint density at radius 3 is 2.93 bits per heavy atom. The number of phenols is 1. The maximum absolute atomic E-state index is 13.8. The summed E-state index contributed by atoms with van der Waals surface area (Å²) in [6.07, 6.45) is 3.77. The van der Waals surface area contributed by atoms with Gasteiger partial charge in [-0.1, -0.05) is 12.1 Å². The Balaban J connectivity index is 1.73. The molecule has 1 spiro atoms. The number of anilines is 1. The zero-order valence-corrected chi connectivity index (χ0v) is 16.1. The van der Waals surface area contributed by atoms with Gasteiger partial charge in [0.2, 0.25) is 0 Å². The minimum Gasteiger partial charge on any atom is -0.506 e. The minimum atomic E-state index is -1.41. The number of carbonyl (C=O) groups is 2. The molecule has 1 saturated carbocycles. The van der Waals surface area contributed by atoms with E-state index in [2.05, 4.69) is 4.90 Å². The summed E-state index contributed by atoms with van der Waals surface area (Å²) in [5.74, 6) is -0.524. The molecule has 7 nitrogen and oxygen atoms in total. The first kappa shape index (κ1) is 17.2. The summed E-state index contributed by atoms with van der Waals surface area (Å²) in [5, 5.41) is 22.6.